The molecule has 0 bridgehead atoms. The molecule has 0 aromatic heterocycles. The van der Waals surface area contributed by atoms with E-state index in [0.717, 1.165) is 0 Å². The summed E-state index contributed by atoms with van der Waals surface area (Å²) < 4.78 is 46.6. The van der Waals surface area contributed by atoms with E-state index in [1.54, 1.807) is 0 Å². The van der Waals surface area contributed by atoms with Gasteiger partial charge in [-0.15, -0.1) is 0 Å². The second-order valence-electron chi connectivity index (χ2n) is 10.7. The summed E-state index contributed by atoms with van der Waals surface area (Å²) in [5.74, 6) is 0. The zero-order chi connectivity index (χ0) is 30.0. The first-order valence-electron chi connectivity index (χ1n) is 13.7. The second-order valence-corrected chi connectivity index (χ2v) is 10.7. The normalized spacial score (nSPS) is 51.1. The number of methoxy groups -OCH3 is 1. The van der Waals surface area contributed by atoms with E-state index < -0.39 is 105 Å². The van der Waals surface area contributed by atoms with Gasteiger partial charge in [-0.1, -0.05) is 0 Å². The van der Waals surface area contributed by atoms with Crippen LogP contribution in [0.2, 0.25) is 0 Å². The Bertz CT molecular complexity index is 823. The summed E-state index contributed by atoms with van der Waals surface area (Å²) >= 11 is 0. The summed E-state index contributed by atoms with van der Waals surface area (Å²) in [5.41, 5.74) is 36.0. The number of rotatable bonds is 10. The zero-order valence-corrected chi connectivity index (χ0v) is 22.9. The van der Waals surface area contributed by atoms with Crippen molar-refractivity contribution in [1.29, 1.82) is 0 Å². The first kappa shape index (κ1) is 33.2. The molecular formula is C23H46N6O12. The first-order valence-corrected chi connectivity index (χ1v) is 13.7. The van der Waals surface area contributed by atoms with Gasteiger partial charge < -0.3 is 92.7 Å². The molecule has 0 aromatic rings. The van der Waals surface area contributed by atoms with Gasteiger partial charge >= 0.3 is 0 Å². The molecule has 0 saturated carbocycles. The smallest absolute Gasteiger partial charge is 0.187 e. The van der Waals surface area contributed by atoms with E-state index in [1.165, 1.54) is 7.11 Å². The molecule has 0 spiro atoms. The van der Waals surface area contributed by atoms with Crippen molar-refractivity contribution >= 4 is 0 Å². The summed E-state index contributed by atoms with van der Waals surface area (Å²) in [6.45, 7) is -0.442. The van der Waals surface area contributed by atoms with Gasteiger partial charge in [0, 0.05) is 20.2 Å². The molecule has 0 aromatic carbocycles. The van der Waals surface area contributed by atoms with Crippen molar-refractivity contribution in [3.8, 4) is 0 Å². The van der Waals surface area contributed by atoms with Crippen LogP contribution in [-0.4, -0.2) is 152 Å². The van der Waals surface area contributed by atoms with Crippen LogP contribution < -0.4 is 34.4 Å². The third-order valence-corrected chi connectivity index (χ3v) is 7.97. The van der Waals surface area contributed by atoms with Crippen molar-refractivity contribution in [2.75, 3.05) is 26.8 Å². The SMILES string of the molecule is CO[C@@H]1[C@@H](O[C@@H]2O[C@H](CO)[C@@H](O[C@H]3O[C@@H](CN)[C@@H](O)[C@H](O)[C@H]3N)[C@H]2O)[C@H](O[C@H]2O[C@H](CN)CC[C@H]2N)[C@@H](N)O[C@H]1N. The average Bonchev–Trinajstić information content (AvgIpc) is 3.25. The number of aliphatic hydroxyl groups excluding tert-OH is 4. The lowest BCUT2D eigenvalue weighted by Gasteiger charge is -2.46. The third-order valence-electron chi connectivity index (χ3n) is 7.97. The van der Waals surface area contributed by atoms with Gasteiger partial charge in [-0.2, -0.15) is 0 Å². The van der Waals surface area contributed by atoms with Crippen molar-refractivity contribution in [3.63, 3.8) is 0 Å². The molecular weight excluding hydrogens is 552 g/mol. The lowest BCUT2D eigenvalue weighted by Crippen LogP contribution is -2.67. The molecule has 18 heteroatoms. The zero-order valence-electron chi connectivity index (χ0n) is 22.9. The van der Waals surface area contributed by atoms with Crippen molar-refractivity contribution in [1.82, 2.24) is 0 Å². The molecule has 0 unspecified atom stereocenters. The van der Waals surface area contributed by atoms with Gasteiger partial charge in [-0.25, -0.2) is 0 Å². The number of hydrogen-bond donors (Lipinski definition) is 10. The standard InChI is InChI=1S/C23H46N6O12/c1-34-17-16(18(20(29)41-19(17)28)40-21-8(26)3-2-7(4-24)35-21)39-23-14(33)15(10(6-30)37-23)38-22-11(27)13(32)12(31)9(5-25)36-22/h7-23,30-33H,2-6,24-29H2,1H3/t7-,8+,9-,10+,11+,12+,13+,14+,15+,16+,17+,18-,19+,20-,21+,22+,23-/m0/s1. The monoisotopic (exact) mass is 598 g/mol. The van der Waals surface area contributed by atoms with Gasteiger partial charge in [0.2, 0.25) is 0 Å². The maximum atomic E-state index is 11.2. The molecule has 17 atom stereocenters. The van der Waals surface area contributed by atoms with Crippen LogP contribution in [0.25, 0.3) is 0 Å². The predicted molar refractivity (Wildman–Crippen MR) is 137 cm³/mol. The highest BCUT2D eigenvalue weighted by Crippen LogP contribution is 2.34. The lowest BCUT2D eigenvalue weighted by molar-refractivity contribution is -0.325. The van der Waals surface area contributed by atoms with E-state index in [2.05, 4.69) is 0 Å². The van der Waals surface area contributed by atoms with Crippen LogP contribution in [0.15, 0.2) is 0 Å². The van der Waals surface area contributed by atoms with Gasteiger partial charge in [-0.05, 0) is 12.8 Å². The number of aliphatic hydroxyl groups is 4. The topological polar surface area (TPSA) is 311 Å². The number of ether oxygens (including phenoxy) is 8. The van der Waals surface area contributed by atoms with Crippen LogP contribution in [0.4, 0.5) is 0 Å². The molecule has 4 aliphatic heterocycles. The maximum Gasteiger partial charge on any atom is 0.187 e. The molecule has 0 amide bonds. The predicted octanol–water partition coefficient (Wildman–Crippen LogP) is -6.64. The number of nitrogens with two attached hydrogens (primary N) is 6. The summed E-state index contributed by atoms with van der Waals surface area (Å²) in [4.78, 5) is 0. The van der Waals surface area contributed by atoms with Crippen LogP contribution >= 0.6 is 0 Å². The summed E-state index contributed by atoms with van der Waals surface area (Å²) in [6.07, 6.45) is -15.4. The van der Waals surface area contributed by atoms with Crippen molar-refractivity contribution in [2.45, 2.75) is 117 Å². The molecule has 0 aliphatic carbocycles. The van der Waals surface area contributed by atoms with Crippen molar-refractivity contribution < 1.29 is 58.3 Å². The average molecular weight is 599 g/mol. The molecule has 4 fully saturated rings. The van der Waals surface area contributed by atoms with Crippen LogP contribution in [-0.2, 0) is 37.9 Å². The summed E-state index contributed by atoms with van der Waals surface area (Å²) in [6, 6.07) is -1.68. The Balaban J connectivity index is 1.50. The first-order chi connectivity index (χ1) is 19.5. The van der Waals surface area contributed by atoms with Crippen LogP contribution in [0.1, 0.15) is 12.8 Å². The van der Waals surface area contributed by atoms with E-state index in [0.29, 0.717) is 12.8 Å². The minimum absolute atomic E-state index is 0.131. The molecule has 0 radical (unpaired) electrons. The fourth-order valence-corrected chi connectivity index (χ4v) is 5.52. The Morgan fingerprint density at radius 3 is 1.93 bits per heavy atom. The van der Waals surface area contributed by atoms with Crippen molar-refractivity contribution in [3.05, 3.63) is 0 Å². The lowest BCUT2D eigenvalue weighted by atomic mass is 9.97. The van der Waals surface area contributed by atoms with E-state index in [-0.39, 0.29) is 19.2 Å². The number of hydrogen-bond acceptors (Lipinski definition) is 18. The van der Waals surface area contributed by atoms with Gasteiger partial charge in [0.15, 0.2) is 18.9 Å². The Morgan fingerprint density at radius 1 is 0.659 bits per heavy atom. The van der Waals surface area contributed by atoms with Gasteiger partial charge in [0.1, 0.15) is 67.4 Å². The highest BCUT2D eigenvalue weighted by molar-refractivity contribution is 4.97. The Hall–Kier alpha value is -0.720. The van der Waals surface area contributed by atoms with E-state index in [9.17, 15) is 20.4 Å². The largest absolute Gasteiger partial charge is 0.394 e. The fraction of sp³-hybridized carbons (Fsp3) is 1.00. The fourth-order valence-electron chi connectivity index (χ4n) is 5.52. The molecule has 4 saturated heterocycles. The quantitative estimate of drug-likeness (QED) is 0.112. The van der Waals surface area contributed by atoms with Gasteiger partial charge in [-0.3, -0.25) is 0 Å². The highest BCUT2D eigenvalue weighted by Gasteiger charge is 2.54. The third kappa shape index (κ3) is 7.00. The summed E-state index contributed by atoms with van der Waals surface area (Å²) in [5, 5.41) is 41.6. The molecule has 4 rings (SSSR count). The Kier molecular flexibility index (Phi) is 11.6. The summed E-state index contributed by atoms with van der Waals surface area (Å²) in [7, 11) is 1.38. The van der Waals surface area contributed by atoms with Gasteiger partial charge in [0.25, 0.3) is 0 Å². The minimum Gasteiger partial charge on any atom is -0.394 e. The second kappa shape index (κ2) is 14.4. The van der Waals surface area contributed by atoms with E-state index in [1.807, 2.05) is 0 Å². The van der Waals surface area contributed by atoms with Gasteiger partial charge in [0.05, 0.1) is 24.8 Å². The van der Waals surface area contributed by atoms with Crippen LogP contribution in [0, 0.1) is 0 Å². The Labute approximate surface area is 237 Å². The molecule has 4 heterocycles. The van der Waals surface area contributed by atoms with Crippen molar-refractivity contribution in [2.24, 2.45) is 34.4 Å². The Morgan fingerprint density at radius 2 is 1.29 bits per heavy atom. The molecule has 41 heavy (non-hydrogen) atoms. The van der Waals surface area contributed by atoms with Crippen LogP contribution in [0.5, 0.6) is 0 Å². The highest BCUT2D eigenvalue weighted by atomic mass is 16.8. The van der Waals surface area contributed by atoms with E-state index >= 15 is 0 Å². The molecule has 240 valence electrons. The van der Waals surface area contributed by atoms with Crippen LogP contribution in [0.3, 0.4) is 0 Å². The molecule has 4 aliphatic rings. The maximum absolute atomic E-state index is 11.2. The minimum atomic E-state index is -1.51. The van der Waals surface area contributed by atoms with E-state index in [4.69, 9.17) is 72.3 Å². The molecule has 18 nitrogen and oxygen atoms in total. The molecule has 16 N–H and O–H groups in total.